The summed E-state index contributed by atoms with van der Waals surface area (Å²) in [5, 5.41) is 14.2. The Bertz CT molecular complexity index is 624. The monoisotopic (exact) mass is 292 g/mol. The largest absolute Gasteiger partial charge is 0.481 e. The second-order valence-corrected chi connectivity index (χ2v) is 6.13. The van der Waals surface area contributed by atoms with Gasteiger partial charge in [0.2, 0.25) is 0 Å². The highest BCUT2D eigenvalue weighted by molar-refractivity contribution is 6.30. The van der Waals surface area contributed by atoms with Gasteiger partial charge in [0.05, 0.1) is 17.7 Å². The Balaban J connectivity index is 2.52. The highest BCUT2D eigenvalue weighted by Gasteiger charge is 2.20. The summed E-state index contributed by atoms with van der Waals surface area (Å²) in [7, 11) is 0. The van der Waals surface area contributed by atoms with Crippen LogP contribution in [0, 0.1) is 0 Å². The molecule has 0 amide bonds. The van der Waals surface area contributed by atoms with E-state index in [2.05, 4.69) is 5.10 Å². The maximum atomic E-state index is 11.0. The van der Waals surface area contributed by atoms with Crippen LogP contribution >= 0.6 is 11.6 Å². The van der Waals surface area contributed by atoms with Gasteiger partial charge in [0.15, 0.2) is 0 Å². The number of hydrogen-bond acceptors (Lipinski definition) is 2. The van der Waals surface area contributed by atoms with E-state index in [9.17, 15) is 4.79 Å². The van der Waals surface area contributed by atoms with Gasteiger partial charge in [-0.1, -0.05) is 23.7 Å². The van der Waals surface area contributed by atoms with E-state index in [1.807, 2.05) is 32.9 Å². The van der Waals surface area contributed by atoms with E-state index in [1.54, 1.807) is 23.0 Å². The minimum absolute atomic E-state index is 0.0476. The van der Waals surface area contributed by atoms with Crippen molar-refractivity contribution in [2.75, 3.05) is 0 Å². The summed E-state index contributed by atoms with van der Waals surface area (Å²) in [5.74, 6) is -0.867. The number of nitrogens with zero attached hydrogens (tertiary/aromatic N) is 2. The van der Waals surface area contributed by atoms with Crippen molar-refractivity contribution in [1.82, 2.24) is 9.78 Å². The molecule has 0 saturated carbocycles. The van der Waals surface area contributed by atoms with Gasteiger partial charge >= 0.3 is 5.97 Å². The molecule has 0 aliphatic rings. The molecule has 20 heavy (non-hydrogen) atoms. The van der Waals surface area contributed by atoms with Crippen LogP contribution in [0.1, 0.15) is 26.3 Å². The first-order chi connectivity index (χ1) is 9.27. The fraction of sp³-hybridized carbons (Fsp3) is 0.333. The second kappa shape index (κ2) is 5.29. The molecule has 0 atom stereocenters. The van der Waals surface area contributed by atoms with Crippen molar-refractivity contribution in [2.45, 2.75) is 32.7 Å². The molecule has 1 aromatic carbocycles. The minimum Gasteiger partial charge on any atom is -0.481 e. The first-order valence-corrected chi connectivity index (χ1v) is 6.72. The van der Waals surface area contributed by atoms with Crippen LogP contribution in [0.4, 0.5) is 0 Å². The third kappa shape index (κ3) is 3.20. The minimum atomic E-state index is -0.867. The number of hydrogen-bond donors (Lipinski definition) is 1. The molecule has 0 aliphatic carbocycles. The normalized spacial score (nSPS) is 11.6. The Morgan fingerprint density at radius 3 is 2.40 bits per heavy atom. The maximum Gasteiger partial charge on any atom is 0.307 e. The topological polar surface area (TPSA) is 55.1 Å². The fourth-order valence-electron chi connectivity index (χ4n) is 1.90. The van der Waals surface area contributed by atoms with Crippen molar-refractivity contribution in [3.63, 3.8) is 0 Å². The quantitative estimate of drug-likeness (QED) is 0.940. The molecule has 4 nitrogen and oxygen atoms in total. The summed E-state index contributed by atoms with van der Waals surface area (Å²) >= 11 is 5.88. The summed E-state index contributed by atoms with van der Waals surface area (Å²) in [5.41, 5.74) is 2.07. The van der Waals surface area contributed by atoms with E-state index in [4.69, 9.17) is 16.7 Å². The molecule has 0 fully saturated rings. The van der Waals surface area contributed by atoms with E-state index in [0.717, 1.165) is 5.56 Å². The highest BCUT2D eigenvalue weighted by Crippen LogP contribution is 2.26. The average Bonchev–Trinajstić information content (AvgIpc) is 2.73. The Morgan fingerprint density at radius 2 is 1.90 bits per heavy atom. The first-order valence-electron chi connectivity index (χ1n) is 6.34. The van der Waals surface area contributed by atoms with Crippen LogP contribution in [0.25, 0.3) is 11.3 Å². The molecule has 0 aliphatic heterocycles. The number of aliphatic carboxylic acids is 1. The van der Waals surface area contributed by atoms with Gasteiger partial charge in [0, 0.05) is 22.3 Å². The molecule has 1 N–H and O–H groups in total. The van der Waals surface area contributed by atoms with Crippen molar-refractivity contribution < 1.29 is 9.90 Å². The number of benzene rings is 1. The van der Waals surface area contributed by atoms with Crippen molar-refractivity contribution in [3.05, 3.63) is 41.0 Å². The van der Waals surface area contributed by atoms with Crippen LogP contribution in [-0.4, -0.2) is 20.9 Å². The zero-order chi connectivity index (χ0) is 14.9. The summed E-state index contributed by atoms with van der Waals surface area (Å²) in [6.07, 6.45) is 1.76. The lowest BCUT2D eigenvalue weighted by molar-refractivity contribution is -0.136. The summed E-state index contributed by atoms with van der Waals surface area (Å²) in [6, 6.07) is 7.25. The molecule has 1 heterocycles. The van der Waals surface area contributed by atoms with Crippen LogP contribution in [0.5, 0.6) is 0 Å². The Kier molecular flexibility index (Phi) is 3.86. The van der Waals surface area contributed by atoms with E-state index in [0.29, 0.717) is 16.3 Å². The lowest BCUT2D eigenvalue weighted by Gasteiger charge is -2.18. The average molecular weight is 293 g/mol. The van der Waals surface area contributed by atoms with Gasteiger partial charge in [-0.25, -0.2) is 0 Å². The lowest BCUT2D eigenvalue weighted by atomic mass is 10.1. The third-order valence-electron chi connectivity index (χ3n) is 2.94. The summed E-state index contributed by atoms with van der Waals surface area (Å²) in [4.78, 5) is 11.0. The zero-order valence-corrected chi connectivity index (χ0v) is 12.5. The fourth-order valence-corrected chi connectivity index (χ4v) is 2.02. The molecule has 0 bridgehead atoms. The third-order valence-corrected chi connectivity index (χ3v) is 3.19. The van der Waals surface area contributed by atoms with E-state index < -0.39 is 5.97 Å². The van der Waals surface area contributed by atoms with Crippen LogP contribution in [0.15, 0.2) is 30.5 Å². The predicted molar refractivity (Wildman–Crippen MR) is 79.0 cm³/mol. The number of carbonyl (C=O) groups is 1. The molecule has 106 valence electrons. The summed E-state index contributed by atoms with van der Waals surface area (Å²) in [6.45, 7) is 6.07. The van der Waals surface area contributed by atoms with E-state index in [1.165, 1.54) is 0 Å². The summed E-state index contributed by atoms with van der Waals surface area (Å²) < 4.78 is 1.80. The van der Waals surface area contributed by atoms with E-state index >= 15 is 0 Å². The van der Waals surface area contributed by atoms with Crippen molar-refractivity contribution in [3.8, 4) is 11.3 Å². The molecule has 5 heteroatoms. The van der Waals surface area contributed by atoms with Gasteiger partial charge in [-0.2, -0.15) is 5.10 Å². The van der Waals surface area contributed by atoms with Crippen molar-refractivity contribution >= 4 is 17.6 Å². The standard InChI is InChI=1S/C15H17ClN2O2/c1-15(2,3)18-9-11(8-13(19)20)14(17-18)10-4-6-12(16)7-5-10/h4-7,9H,8H2,1-3H3,(H,19,20). The van der Waals surface area contributed by atoms with Gasteiger partial charge in [0.1, 0.15) is 0 Å². The smallest absolute Gasteiger partial charge is 0.307 e. The first kappa shape index (κ1) is 14.6. The Morgan fingerprint density at radius 1 is 1.30 bits per heavy atom. The Labute approximate surface area is 123 Å². The number of aromatic nitrogens is 2. The number of carboxylic acid groups (broad SMARTS) is 1. The number of carboxylic acids is 1. The van der Waals surface area contributed by atoms with Crippen LogP contribution < -0.4 is 0 Å². The maximum absolute atomic E-state index is 11.0. The van der Waals surface area contributed by atoms with Gasteiger partial charge in [-0.05, 0) is 32.9 Å². The Hall–Kier alpha value is -1.81. The van der Waals surface area contributed by atoms with Crippen LogP contribution in [-0.2, 0) is 16.8 Å². The molecule has 2 rings (SSSR count). The molecule has 1 aromatic heterocycles. The van der Waals surface area contributed by atoms with Gasteiger partial charge in [-0.3, -0.25) is 9.48 Å². The van der Waals surface area contributed by atoms with Crippen LogP contribution in [0.2, 0.25) is 5.02 Å². The van der Waals surface area contributed by atoms with Gasteiger partial charge in [-0.15, -0.1) is 0 Å². The predicted octanol–water partition coefficient (Wildman–Crippen LogP) is 3.59. The number of halogens is 1. The van der Waals surface area contributed by atoms with E-state index in [-0.39, 0.29) is 12.0 Å². The number of rotatable bonds is 3. The van der Waals surface area contributed by atoms with Gasteiger partial charge < -0.3 is 5.11 Å². The SMILES string of the molecule is CC(C)(C)n1cc(CC(=O)O)c(-c2ccc(Cl)cc2)n1. The molecule has 0 unspecified atom stereocenters. The van der Waals surface area contributed by atoms with Crippen LogP contribution in [0.3, 0.4) is 0 Å². The zero-order valence-electron chi connectivity index (χ0n) is 11.7. The highest BCUT2D eigenvalue weighted by atomic mass is 35.5. The van der Waals surface area contributed by atoms with Gasteiger partial charge in [0.25, 0.3) is 0 Å². The molecular weight excluding hydrogens is 276 g/mol. The second-order valence-electron chi connectivity index (χ2n) is 5.70. The van der Waals surface area contributed by atoms with Crippen molar-refractivity contribution in [1.29, 1.82) is 0 Å². The molecule has 0 radical (unpaired) electrons. The molecular formula is C15H17ClN2O2. The lowest BCUT2D eigenvalue weighted by Crippen LogP contribution is -2.22. The molecule has 0 saturated heterocycles. The molecule has 0 spiro atoms. The van der Waals surface area contributed by atoms with Crippen molar-refractivity contribution in [2.24, 2.45) is 0 Å². The molecule has 2 aromatic rings.